The smallest absolute Gasteiger partial charge is 0.235 e. The second-order valence-electron chi connectivity index (χ2n) is 3.47. The molecule has 2 amide bonds. The molecule has 0 fully saturated rings. The van der Waals surface area contributed by atoms with E-state index in [1.165, 1.54) is 0 Å². The fraction of sp³-hybridized carbons (Fsp3) is 0.333. The highest BCUT2D eigenvalue weighted by Gasteiger charge is 2.06. The van der Waals surface area contributed by atoms with Gasteiger partial charge in [-0.1, -0.05) is 41.1 Å². The molecule has 0 bridgehead atoms. The predicted molar refractivity (Wildman–Crippen MR) is 71.0 cm³/mol. The Morgan fingerprint density at radius 2 is 1.94 bits per heavy atom. The molecule has 0 aliphatic rings. The van der Waals surface area contributed by atoms with Crippen LogP contribution in [0.15, 0.2) is 24.3 Å². The van der Waals surface area contributed by atoms with Crippen molar-refractivity contribution in [3.8, 4) is 0 Å². The summed E-state index contributed by atoms with van der Waals surface area (Å²) in [7, 11) is 0. The highest BCUT2D eigenvalue weighted by atomic mass is 79.9. The van der Waals surface area contributed by atoms with E-state index in [1.807, 2.05) is 24.3 Å². The molecule has 5 heteroatoms. The quantitative estimate of drug-likeness (QED) is 0.818. The van der Waals surface area contributed by atoms with Crippen molar-refractivity contribution in [2.75, 3.05) is 10.6 Å². The van der Waals surface area contributed by atoms with Crippen molar-refractivity contribution in [2.24, 2.45) is 0 Å². The number of hydrogen-bond acceptors (Lipinski definition) is 2. The van der Waals surface area contributed by atoms with Crippen LogP contribution in [0.2, 0.25) is 0 Å². The van der Waals surface area contributed by atoms with Crippen molar-refractivity contribution < 1.29 is 9.59 Å². The minimum Gasteiger partial charge on any atom is -0.352 e. The van der Waals surface area contributed by atoms with Crippen molar-refractivity contribution in [1.29, 1.82) is 0 Å². The van der Waals surface area contributed by atoms with Crippen LogP contribution in [0.1, 0.15) is 18.9 Å². The number of nitrogens with one attached hydrogen (secondary N) is 2. The zero-order valence-corrected chi connectivity index (χ0v) is 11.2. The normalized spacial score (nSPS) is 9.76. The first kappa shape index (κ1) is 13.7. The first-order valence-corrected chi connectivity index (χ1v) is 6.50. The van der Waals surface area contributed by atoms with Gasteiger partial charge in [0.05, 0.1) is 5.33 Å². The van der Waals surface area contributed by atoms with Gasteiger partial charge in [0.25, 0.3) is 0 Å². The van der Waals surface area contributed by atoms with E-state index >= 15 is 0 Å². The zero-order chi connectivity index (χ0) is 12.7. The summed E-state index contributed by atoms with van der Waals surface area (Å²) in [6.07, 6.45) is 0.454. The van der Waals surface area contributed by atoms with E-state index in [1.54, 1.807) is 6.92 Å². The van der Waals surface area contributed by atoms with Crippen molar-refractivity contribution in [3.63, 3.8) is 0 Å². The number of carbonyl (C=O) groups is 2. The Balaban J connectivity index is 2.70. The molecule has 1 rings (SSSR count). The second-order valence-corrected chi connectivity index (χ2v) is 4.03. The van der Waals surface area contributed by atoms with E-state index in [0.717, 1.165) is 11.3 Å². The first-order valence-electron chi connectivity index (χ1n) is 5.37. The number of benzene rings is 1. The maximum atomic E-state index is 11.3. The molecular formula is C12H15BrN2O2. The number of para-hydroxylation sites is 1. The number of rotatable bonds is 5. The molecule has 0 atom stereocenters. The molecule has 0 spiro atoms. The van der Waals surface area contributed by atoms with E-state index in [-0.39, 0.29) is 17.1 Å². The lowest BCUT2D eigenvalue weighted by atomic mass is 10.1. The van der Waals surface area contributed by atoms with Gasteiger partial charge >= 0.3 is 0 Å². The van der Waals surface area contributed by atoms with Crippen LogP contribution in [0.4, 0.5) is 5.69 Å². The number of hydrogen-bond donors (Lipinski definition) is 2. The van der Waals surface area contributed by atoms with Crippen LogP contribution in [0.5, 0.6) is 0 Å². The van der Waals surface area contributed by atoms with E-state index in [0.29, 0.717) is 13.0 Å². The van der Waals surface area contributed by atoms with Gasteiger partial charge in [0, 0.05) is 18.7 Å². The van der Waals surface area contributed by atoms with Gasteiger partial charge in [0.1, 0.15) is 0 Å². The molecular weight excluding hydrogens is 284 g/mol. The SMILES string of the molecule is CCC(=O)NCc1ccccc1NC(=O)CBr. The summed E-state index contributed by atoms with van der Waals surface area (Å²) >= 11 is 3.09. The topological polar surface area (TPSA) is 58.2 Å². The van der Waals surface area contributed by atoms with Gasteiger partial charge in [-0.3, -0.25) is 9.59 Å². The second kappa shape index (κ2) is 7.06. The van der Waals surface area contributed by atoms with Gasteiger partial charge in [-0.15, -0.1) is 0 Å². The Morgan fingerprint density at radius 3 is 2.59 bits per heavy atom. The third-order valence-electron chi connectivity index (χ3n) is 2.21. The molecule has 0 saturated heterocycles. The molecule has 0 unspecified atom stereocenters. The van der Waals surface area contributed by atoms with Gasteiger partial charge in [-0.05, 0) is 11.6 Å². The summed E-state index contributed by atoms with van der Waals surface area (Å²) in [5.41, 5.74) is 1.62. The Labute approximate surface area is 109 Å². The molecule has 1 aromatic rings. The Hall–Kier alpha value is -1.36. The summed E-state index contributed by atoms with van der Waals surface area (Å²) < 4.78 is 0. The van der Waals surface area contributed by atoms with Crippen LogP contribution in [-0.2, 0) is 16.1 Å². The van der Waals surface area contributed by atoms with E-state index in [2.05, 4.69) is 26.6 Å². The Bertz CT molecular complexity index is 407. The Kier molecular flexibility index (Phi) is 5.69. The van der Waals surface area contributed by atoms with Crippen molar-refractivity contribution in [3.05, 3.63) is 29.8 Å². The van der Waals surface area contributed by atoms with Gasteiger partial charge in [-0.2, -0.15) is 0 Å². The van der Waals surface area contributed by atoms with E-state index in [4.69, 9.17) is 0 Å². The average molecular weight is 299 g/mol. The van der Waals surface area contributed by atoms with Crippen LogP contribution < -0.4 is 10.6 Å². The largest absolute Gasteiger partial charge is 0.352 e. The standard InChI is InChI=1S/C12H15BrN2O2/c1-2-11(16)14-8-9-5-3-4-6-10(9)15-12(17)7-13/h3-6H,2,7-8H2,1H3,(H,14,16)(H,15,17). The lowest BCUT2D eigenvalue weighted by molar-refractivity contribution is -0.121. The predicted octanol–water partition coefficient (Wildman–Crippen LogP) is 2.05. The third kappa shape index (κ3) is 4.56. The van der Waals surface area contributed by atoms with Crippen LogP contribution in [0, 0.1) is 0 Å². The minimum atomic E-state index is -0.112. The zero-order valence-electron chi connectivity index (χ0n) is 9.63. The number of anilines is 1. The third-order valence-corrected chi connectivity index (χ3v) is 2.72. The number of halogens is 1. The lowest BCUT2D eigenvalue weighted by Crippen LogP contribution is -2.23. The van der Waals surface area contributed by atoms with Gasteiger partial charge in [0.2, 0.25) is 11.8 Å². The maximum Gasteiger partial charge on any atom is 0.235 e. The molecule has 1 aromatic carbocycles. The number of amides is 2. The minimum absolute atomic E-state index is 0.00776. The highest BCUT2D eigenvalue weighted by Crippen LogP contribution is 2.14. The molecule has 0 heterocycles. The van der Waals surface area contributed by atoms with Crippen molar-refractivity contribution in [2.45, 2.75) is 19.9 Å². The van der Waals surface area contributed by atoms with Crippen molar-refractivity contribution in [1.82, 2.24) is 5.32 Å². The maximum absolute atomic E-state index is 11.3. The fourth-order valence-corrected chi connectivity index (χ4v) is 1.44. The van der Waals surface area contributed by atoms with Gasteiger partial charge < -0.3 is 10.6 Å². The summed E-state index contributed by atoms with van der Waals surface area (Å²) in [4.78, 5) is 22.5. The molecule has 2 N–H and O–H groups in total. The first-order chi connectivity index (χ1) is 8.17. The average Bonchev–Trinajstić information content (AvgIpc) is 2.37. The molecule has 0 saturated carbocycles. The summed E-state index contributed by atoms with van der Waals surface area (Å²) in [5, 5.41) is 5.80. The van der Waals surface area contributed by atoms with Crippen LogP contribution in [-0.4, -0.2) is 17.1 Å². The molecule has 17 heavy (non-hydrogen) atoms. The van der Waals surface area contributed by atoms with Crippen LogP contribution >= 0.6 is 15.9 Å². The number of alkyl halides is 1. The molecule has 4 nitrogen and oxygen atoms in total. The Morgan fingerprint density at radius 1 is 1.24 bits per heavy atom. The van der Waals surface area contributed by atoms with Gasteiger partial charge in [0.15, 0.2) is 0 Å². The van der Waals surface area contributed by atoms with Crippen LogP contribution in [0.3, 0.4) is 0 Å². The monoisotopic (exact) mass is 298 g/mol. The molecule has 0 aromatic heterocycles. The fourth-order valence-electron chi connectivity index (χ4n) is 1.30. The molecule has 0 radical (unpaired) electrons. The molecule has 0 aliphatic carbocycles. The summed E-state index contributed by atoms with van der Waals surface area (Å²) in [6.45, 7) is 2.22. The number of carbonyl (C=O) groups excluding carboxylic acids is 2. The van der Waals surface area contributed by atoms with Crippen molar-refractivity contribution >= 4 is 33.4 Å². The van der Waals surface area contributed by atoms with E-state index < -0.39 is 0 Å². The van der Waals surface area contributed by atoms with Gasteiger partial charge in [-0.25, -0.2) is 0 Å². The lowest BCUT2D eigenvalue weighted by Gasteiger charge is -2.10. The highest BCUT2D eigenvalue weighted by molar-refractivity contribution is 9.09. The van der Waals surface area contributed by atoms with Crippen LogP contribution in [0.25, 0.3) is 0 Å². The van der Waals surface area contributed by atoms with E-state index in [9.17, 15) is 9.59 Å². The molecule has 92 valence electrons. The summed E-state index contributed by atoms with van der Waals surface area (Å²) in [5.74, 6) is -0.120. The molecule has 0 aliphatic heterocycles. The summed E-state index contributed by atoms with van der Waals surface area (Å²) in [6, 6.07) is 7.40.